The van der Waals surface area contributed by atoms with E-state index in [1.807, 2.05) is 0 Å². The van der Waals surface area contributed by atoms with Gasteiger partial charge >= 0.3 is 0 Å². The Bertz CT molecular complexity index is 336. The van der Waals surface area contributed by atoms with Gasteiger partial charge in [-0.15, -0.1) is 0 Å². The molecule has 5 heteroatoms. The van der Waals surface area contributed by atoms with Crippen molar-refractivity contribution in [3.63, 3.8) is 0 Å². The highest BCUT2D eigenvalue weighted by atomic mass is 32.2. The fraction of sp³-hybridized carbons (Fsp3) is 1.00. The summed E-state index contributed by atoms with van der Waals surface area (Å²) in [6, 6.07) is 0.641. The molecule has 17 heavy (non-hydrogen) atoms. The first kappa shape index (κ1) is 13.3. The van der Waals surface area contributed by atoms with Crippen molar-refractivity contribution >= 4 is 9.84 Å². The molecule has 1 aliphatic carbocycles. The van der Waals surface area contributed by atoms with Crippen molar-refractivity contribution in [2.75, 3.05) is 24.6 Å². The van der Waals surface area contributed by atoms with E-state index in [0.717, 1.165) is 13.0 Å². The van der Waals surface area contributed by atoms with Crippen molar-refractivity contribution in [3.8, 4) is 0 Å². The Morgan fingerprint density at radius 2 is 1.94 bits per heavy atom. The molecular formula is C12H24N2O2S. The molecule has 1 aliphatic heterocycles. The molecule has 2 unspecified atom stereocenters. The zero-order valence-corrected chi connectivity index (χ0v) is 11.2. The lowest BCUT2D eigenvalue weighted by molar-refractivity contribution is 0.335. The van der Waals surface area contributed by atoms with Gasteiger partial charge in [0.05, 0.1) is 11.5 Å². The average Bonchev–Trinajstić information content (AvgIpc) is 2.89. The highest BCUT2D eigenvalue weighted by molar-refractivity contribution is 7.91. The van der Waals surface area contributed by atoms with Gasteiger partial charge in [-0.25, -0.2) is 8.42 Å². The maximum Gasteiger partial charge on any atom is 0.150 e. The van der Waals surface area contributed by atoms with Crippen LogP contribution in [0.4, 0.5) is 0 Å². The maximum atomic E-state index is 11.5. The molecule has 0 aromatic carbocycles. The fourth-order valence-electron chi connectivity index (χ4n) is 3.09. The Morgan fingerprint density at radius 3 is 2.47 bits per heavy atom. The third-order valence-corrected chi connectivity index (χ3v) is 6.05. The predicted octanol–water partition coefficient (Wildman–Crippen LogP) is 0.528. The van der Waals surface area contributed by atoms with Crippen molar-refractivity contribution in [2.24, 2.45) is 17.6 Å². The summed E-state index contributed by atoms with van der Waals surface area (Å²) in [5.74, 6) is 1.31. The van der Waals surface area contributed by atoms with Crippen LogP contribution in [0, 0.1) is 11.8 Å². The minimum absolute atomic E-state index is 0.277. The molecule has 1 heterocycles. The molecule has 4 nitrogen and oxygen atoms in total. The number of nitrogens with two attached hydrogens (primary N) is 1. The number of hydrogen-bond acceptors (Lipinski definition) is 4. The van der Waals surface area contributed by atoms with E-state index in [9.17, 15) is 8.42 Å². The summed E-state index contributed by atoms with van der Waals surface area (Å²) in [6.45, 7) is 1.49. The molecule has 3 N–H and O–H groups in total. The predicted molar refractivity (Wildman–Crippen MR) is 69.6 cm³/mol. The first-order valence-electron chi connectivity index (χ1n) is 6.74. The van der Waals surface area contributed by atoms with Crippen molar-refractivity contribution < 1.29 is 8.42 Å². The van der Waals surface area contributed by atoms with Crippen LogP contribution in [0.2, 0.25) is 0 Å². The van der Waals surface area contributed by atoms with Crippen LogP contribution < -0.4 is 11.1 Å². The second kappa shape index (κ2) is 5.67. The minimum Gasteiger partial charge on any atom is -0.330 e. The third-order valence-electron chi connectivity index (χ3n) is 4.26. The summed E-state index contributed by atoms with van der Waals surface area (Å²) >= 11 is 0. The Kier molecular flexibility index (Phi) is 4.44. The SMILES string of the molecule is NCC(CNC1CCCC1)C1CCS(=O)(=O)C1. The van der Waals surface area contributed by atoms with E-state index >= 15 is 0 Å². The summed E-state index contributed by atoms with van der Waals surface area (Å²) in [5, 5.41) is 3.56. The lowest BCUT2D eigenvalue weighted by Gasteiger charge is -2.23. The minimum atomic E-state index is -2.77. The lowest BCUT2D eigenvalue weighted by Crippen LogP contribution is -2.38. The van der Waals surface area contributed by atoms with Gasteiger partial charge in [-0.1, -0.05) is 12.8 Å². The van der Waals surface area contributed by atoms with Gasteiger partial charge in [0.15, 0.2) is 9.84 Å². The zero-order valence-electron chi connectivity index (χ0n) is 10.4. The number of nitrogens with one attached hydrogen (secondary N) is 1. The fourth-order valence-corrected chi connectivity index (χ4v) is 5.01. The third kappa shape index (κ3) is 3.66. The summed E-state index contributed by atoms with van der Waals surface area (Å²) < 4.78 is 22.9. The standard InChI is InChI=1S/C12H24N2O2S/c13-7-11(8-14-12-3-1-2-4-12)10-5-6-17(15,16)9-10/h10-12,14H,1-9,13H2. The Balaban J connectivity index is 1.80. The molecule has 100 valence electrons. The molecule has 2 atom stereocenters. The molecular weight excluding hydrogens is 236 g/mol. The number of rotatable bonds is 5. The first-order valence-corrected chi connectivity index (χ1v) is 8.57. The monoisotopic (exact) mass is 260 g/mol. The second-order valence-electron chi connectivity index (χ2n) is 5.55. The summed E-state index contributed by atoms with van der Waals surface area (Å²) in [6.07, 6.45) is 5.97. The molecule has 0 aromatic rings. The average molecular weight is 260 g/mol. The smallest absolute Gasteiger partial charge is 0.150 e. The van der Waals surface area contributed by atoms with Crippen LogP contribution in [-0.2, 0) is 9.84 Å². The Hall–Kier alpha value is -0.130. The second-order valence-corrected chi connectivity index (χ2v) is 7.78. The van der Waals surface area contributed by atoms with Crippen LogP contribution in [0.3, 0.4) is 0 Å². The van der Waals surface area contributed by atoms with Crippen LogP contribution in [0.25, 0.3) is 0 Å². The molecule has 0 amide bonds. The highest BCUT2D eigenvalue weighted by Gasteiger charge is 2.33. The van der Waals surface area contributed by atoms with Gasteiger partial charge in [0, 0.05) is 6.04 Å². The molecule has 1 saturated heterocycles. The van der Waals surface area contributed by atoms with E-state index in [1.165, 1.54) is 25.7 Å². The molecule has 0 aromatic heterocycles. The van der Waals surface area contributed by atoms with Crippen molar-refractivity contribution in [1.82, 2.24) is 5.32 Å². The van der Waals surface area contributed by atoms with Gasteiger partial charge < -0.3 is 11.1 Å². The Morgan fingerprint density at radius 1 is 1.24 bits per heavy atom. The van der Waals surface area contributed by atoms with Gasteiger partial charge in [-0.05, 0) is 44.2 Å². The number of sulfone groups is 1. The van der Waals surface area contributed by atoms with Crippen LogP contribution in [-0.4, -0.2) is 39.1 Å². The van der Waals surface area contributed by atoms with Gasteiger partial charge in [-0.2, -0.15) is 0 Å². The quantitative estimate of drug-likeness (QED) is 0.756. The summed E-state index contributed by atoms with van der Waals surface area (Å²) in [5.41, 5.74) is 5.79. The van der Waals surface area contributed by atoms with Gasteiger partial charge in [0.1, 0.15) is 0 Å². The summed E-state index contributed by atoms with van der Waals surface area (Å²) in [7, 11) is -2.77. The van der Waals surface area contributed by atoms with Crippen LogP contribution in [0.15, 0.2) is 0 Å². The topological polar surface area (TPSA) is 72.2 Å². The van der Waals surface area contributed by atoms with Crippen molar-refractivity contribution in [1.29, 1.82) is 0 Å². The van der Waals surface area contributed by atoms with Crippen molar-refractivity contribution in [3.05, 3.63) is 0 Å². The van der Waals surface area contributed by atoms with Gasteiger partial charge in [0.2, 0.25) is 0 Å². The molecule has 0 spiro atoms. The lowest BCUT2D eigenvalue weighted by atomic mass is 9.91. The highest BCUT2D eigenvalue weighted by Crippen LogP contribution is 2.26. The molecule has 0 radical (unpaired) electrons. The van der Waals surface area contributed by atoms with Crippen LogP contribution in [0.1, 0.15) is 32.1 Å². The summed E-state index contributed by atoms with van der Waals surface area (Å²) in [4.78, 5) is 0. The largest absolute Gasteiger partial charge is 0.330 e. The zero-order chi connectivity index (χ0) is 12.3. The molecule has 0 bridgehead atoms. The van der Waals surface area contributed by atoms with E-state index in [4.69, 9.17) is 5.73 Å². The van der Waals surface area contributed by atoms with Gasteiger partial charge in [0.25, 0.3) is 0 Å². The normalized spacial score (nSPS) is 30.8. The van der Waals surface area contributed by atoms with Crippen LogP contribution >= 0.6 is 0 Å². The van der Waals surface area contributed by atoms with E-state index < -0.39 is 9.84 Å². The number of hydrogen-bond donors (Lipinski definition) is 2. The molecule has 2 fully saturated rings. The van der Waals surface area contributed by atoms with E-state index in [1.54, 1.807) is 0 Å². The van der Waals surface area contributed by atoms with Crippen molar-refractivity contribution in [2.45, 2.75) is 38.1 Å². The van der Waals surface area contributed by atoms with E-state index in [2.05, 4.69) is 5.32 Å². The maximum absolute atomic E-state index is 11.5. The van der Waals surface area contributed by atoms with Gasteiger partial charge in [-0.3, -0.25) is 0 Å². The Labute approximate surface area is 104 Å². The first-order chi connectivity index (χ1) is 8.11. The molecule has 2 aliphatic rings. The molecule has 1 saturated carbocycles. The van der Waals surface area contributed by atoms with E-state index in [-0.39, 0.29) is 5.92 Å². The van der Waals surface area contributed by atoms with E-state index in [0.29, 0.717) is 30.0 Å². The van der Waals surface area contributed by atoms with Crippen LogP contribution in [0.5, 0.6) is 0 Å². The molecule has 2 rings (SSSR count).